The number of hydrogen-bond donors (Lipinski definition) is 2. The van der Waals surface area contributed by atoms with E-state index in [0.717, 1.165) is 47.1 Å². The maximum atomic E-state index is 11.6. The largest absolute Gasteiger partial charge is 0.378 e. The number of aryl methyl sites for hydroxylation is 1. The first-order valence-electron chi connectivity index (χ1n) is 12.2. The molecule has 38 heavy (non-hydrogen) atoms. The molecule has 0 saturated carbocycles. The Bertz CT molecular complexity index is 1430. The molecule has 3 aromatic heterocycles. The summed E-state index contributed by atoms with van der Waals surface area (Å²) in [5.41, 5.74) is 5.21. The van der Waals surface area contributed by atoms with Gasteiger partial charge in [0, 0.05) is 64.9 Å². The van der Waals surface area contributed by atoms with Gasteiger partial charge in [0.2, 0.25) is 5.95 Å². The Morgan fingerprint density at radius 2 is 1.74 bits per heavy atom. The number of rotatable bonds is 7. The van der Waals surface area contributed by atoms with Gasteiger partial charge < -0.3 is 24.0 Å². The highest BCUT2D eigenvalue weighted by Crippen LogP contribution is 2.29. The highest BCUT2D eigenvalue weighted by atomic mass is 16.5. The van der Waals surface area contributed by atoms with E-state index in [9.17, 15) is 4.79 Å². The summed E-state index contributed by atoms with van der Waals surface area (Å²) in [7, 11) is 7.79. The Morgan fingerprint density at radius 1 is 1.05 bits per heavy atom. The van der Waals surface area contributed by atoms with Crippen molar-refractivity contribution < 1.29 is 14.7 Å². The van der Waals surface area contributed by atoms with Crippen LogP contribution < -0.4 is 20.2 Å². The van der Waals surface area contributed by atoms with Gasteiger partial charge in [0.05, 0.1) is 25.3 Å². The normalized spacial score (nSPS) is 13.6. The van der Waals surface area contributed by atoms with Gasteiger partial charge in [0.1, 0.15) is 5.82 Å². The quantitative estimate of drug-likeness (QED) is 0.272. The molecule has 1 amide bonds. The Morgan fingerprint density at radius 3 is 2.37 bits per heavy atom. The van der Waals surface area contributed by atoms with Gasteiger partial charge >= 0.3 is 0 Å². The number of imidazole rings is 1. The van der Waals surface area contributed by atoms with E-state index < -0.39 is 5.91 Å². The lowest BCUT2D eigenvalue weighted by molar-refractivity contribution is 0.0705. The summed E-state index contributed by atoms with van der Waals surface area (Å²) < 4.78 is 7.53. The molecule has 0 unspecified atom stereocenters. The molecule has 1 fully saturated rings. The average molecular weight is 519 g/mol. The van der Waals surface area contributed by atoms with Crippen LogP contribution in [0.5, 0.6) is 0 Å². The van der Waals surface area contributed by atoms with Crippen molar-refractivity contribution >= 4 is 34.5 Å². The molecule has 1 saturated heterocycles. The number of morpholine rings is 1. The fraction of sp³-hybridized carbons (Fsp3) is 0.360. The average Bonchev–Trinajstić information content (AvgIpc) is 3.27. The third-order valence-corrected chi connectivity index (χ3v) is 6.47. The summed E-state index contributed by atoms with van der Waals surface area (Å²) in [5, 5.41) is 8.80. The van der Waals surface area contributed by atoms with Crippen molar-refractivity contribution in [1.82, 2.24) is 35.0 Å². The molecule has 0 bridgehead atoms. The van der Waals surface area contributed by atoms with Crippen molar-refractivity contribution in [2.75, 3.05) is 62.1 Å². The molecule has 5 rings (SSSR count). The zero-order chi connectivity index (χ0) is 26.8. The first kappa shape index (κ1) is 25.3. The molecule has 4 heterocycles. The Labute approximate surface area is 219 Å². The number of fused-ring (bicyclic) bond motifs is 1. The summed E-state index contributed by atoms with van der Waals surface area (Å²) in [4.78, 5) is 41.0. The number of carbonyl (C=O) groups is 1. The van der Waals surface area contributed by atoms with Crippen LogP contribution in [0, 0.1) is 0 Å². The van der Waals surface area contributed by atoms with E-state index in [1.807, 2.05) is 49.8 Å². The second-order valence-corrected chi connectivity index (χ2v) is 9.24. The minimum absolute atomic E-state index is 0.156. The number of amides is 1. The smallest absolute Gasteiger partial charge is 0.277 e. The lowest BCUT2D eigenvalue weighted by Gasteiger charge is -2.28. The van der Waals surface area contributed by atoms with Gasteiger partial charge in [-0.1, -0.05) is 0 Å². The second-order valence-electron chi connectivity index (χ2n) is 9.24. The van der Waals surface area contributed by atoms with Crippen molar-refractivity contribution in [1.29, 1.82) is 0 Å². The van der Waals surface area contributed by atoms with Gasteiger partial charge in [-0.2, -0.15) is 0 Å². The molecular formula is C25H30N10O3. The summed E-state index contributed by atoms with van der Waals surface area (Å²) >= 11 is 0. The summed E-state index contributed by atoms with van der Waals surface area (Å²) in [5.74, 6) is 1.91. The standard InChI is InChI=1S/C25H30N10O3/c1-32(2)18-7-5-16(6-8-18)21-29-22-20(23(30-21)35-9-11-38-12-10-35)28-19(34(22)4)15-33(3)25-26-13-17(14-27-25)24(36)31-37/h5-8,13-14,37H,9-12,15H2,1-4H3,(H,31,36). The van der Waals surface area contributed by atoms with Crippen LogP contribution in [0.15, 0.2) is 36.7 Å². The van der Waals surface area contributed by atoms with Gasteiger partial charge in [-0.15, -0.1) is 0 Å². The van der Waals surface area contributed by atoms with E-state index in [4.69, 9.17) is 24.9 Å². The highest BCUT2D eigenvalue weighted by Gasteiger charge is 2.23. The van der Waals surface area contributed by atoms with Crippen molar-refractivity contribution in [2.24, 2.45) is 7.05 Å². The first-order valence-corrected chi connectivity index (χ1v) is 12.2. The maximum absolute atomic E-state index is 11.6. The molecule has 0 atom stereocenters. The van der Waals surface area contributed by atoms with Gasteiger partial charge in [0.15, 0.2) is 22.8 Å². The number of carbonyl (C=O) groups excluding carboxylic acids is 1. The van der Waals surface area contributed by atoms with Gasteiger partial charge in [-0.3, -0.25) is 10.0 Å². The van der Waals surface area contributed by atoms with Gasteiger partial charge in [-0.25, -0.2) is 30.4 Å². The van der Waals surface area contributed by atoms with Crippen molar-refractivity contribution in [3.05, 3.63) is 48.0 Å². The van der Waals surface area contributed by atoms with Crippen LogP contribution in [0.25, 0.3) is 22.6 Å². The first-order chi connectivity index (χ1) is 18.4. The number of nitrogens with one attached hydrogen (secondary N) is 1. The Kier molecular flexibility index (Phi) is 7.03. The van der Waals surface area contributed by atoms with Crippen LogP contribution in [0.4, 0.5) is 17.5 Å². The molecule has 2 N–H and O–H groups in total. The van der Waals surface area contributed by atoms with Crippen LogP contribution in [0.1, 0.15) is 16.2 Å². The number of anilines is 3. The zero-order valence-corrected chi connectivity index (χ0v) is 21.8. The van der Waals surface area contributed by atoms with E-state index in [-0.39, 0.29) is 5.56 Å². The van der Waals surface area contributed by atoms with Crippen LogP contribution >= 0.6 is 0 Å². The number of ether oxygens (including phenoxy) is 1. The fourth-order valence-electron chi connectivity index (χ4n) is 4.25. The molecule has 1 aliphatic rings. The Hall–Kier alpha value is -4.36. The maximum Gasteiger partial charge on any atom is 0.277 e. The lowest BCUT2D eigenvalue weighted by Crippen LogP contribution is -2.37. The number of aromatic nitrogens is 6. The predicted molar refractivity (Wildman–Crippen MR) is 142 cm³/mol. The topological polar surface area (TPSA) is 138 Å². The van der Waals surface area contributed by atoms with E-state index in [0.29, 0.717) is 31.5 Å². The molecule has 0 aliphatic carbocycles. The molecule has 198 valence electrons. The minimum Gasteiger partial charge on any atom is -0.378 e. The zero-order valence-electron chi connectivity index (χ0n) is 21.8. The van der Waals surface area contributed by atoms with E-state index in [1.165, 1.54) is 12.4 Å². The molecule has 13 heteroatoms. The molecule has 13 nitrogen and oxygen atoms in total. The monoisotopic (exact) mass is 518 g/mol. The SMILES string of the molecule is CN(C)c1ccc(-c2nc(N3CCOCC3)c3nc(CN(C)c4ncc(C(=O)NO)cn4)n(C)c3n2)cc1. The van der Waals surface area contributed by atoms with Crippen molar-refractivity contribution in [2.45, 2.75) is 6.54 Å². The predicted octanol–water partition coefficient (Wildman–Crippen LogP) is 1.48. The number of benzene rings is 1. The molecule has 0 radical (unpaired) electrons. The molecular weight excluding hydrogens is 488 g/mol. The Balaban J connectivity index is 1.52. The third kappa shape index (κ3) is 4.93. The summed E-state index contributed by atoms with van der Waals surface area (Å²) in [6.45, 7) is 3.09. The third-order valence-electron chi connectivity index (χ3n) is 6.47. The summed E-state index contributed by atoms with van der Waals surface area (Å²) in [6.07, 6.45) is 2.71. The second kappa shape index (κ2) is 10.6. The van der Waals surface area contributed by atoms with E-state index >= 15 is 0 Å². The molecule has 1 aromatic carbocycles. The summed E-state index contributed by atoms with van der Waals surface area (Å²) in [6, 6.07) is 8.16. The number of nitrogens with zero attached hydrogens (tertiary/aromatic N) is 9. The minimum atomic E-state index is -0.670. The molecule has 1 aliphatic heterocycles. The number of hydrogen-bond acceptors (Lipinski definition) is 11. The van der Waals surface area contributed by atoms with Crippen LogP contribution in [-0.2, 0) is 18.3 Å². The van der Waals surface area contributed by atoms with Gasteiger partial charge in [-0.05, 0) is 24.3 Å². The van der Waals surface area contributed by atoms with Crippen LogP contribution in [0.3, 0.4) is 0 Å². The number of hydroxylamine groups is 1. The van der Waals surface area contributed by atoms with Crippen LogP contribution in [-0.4, -0.2) is 88.0 Å². The van der Waals surface area contributed by atoms with Gasteiger partial charge in [0.25, 0.3) is 5.91 Å². The fourth-order valence-corrected chi connectivity index (χ4v) is 4.25. The van der Waals surface area contributed by atoms with Crippen molar-refractivity contribution in [3.63, 3.8) is 0 Å². The molecule has 0 spiro atoms. The highest BCUT2D eigenvalue weighted by molar-refractivity contribution is 5.92. The molecule has 4 aromatic rings. The lowest BCUT2D eigenvalue weighted by atomic mass is 10.2. The van der Waals surface area contributed by atoms with Crippen LogP contribution in [0.2, 0.25) is 0 Å². The van der Waals surface area contributed by atoms with E-state index in [1.54, 1.807) is 5.48 Å². The van der Waals surface area contributed by atoms with Crippen molar-refractivity contribution in [3.8, 4) is 11.4 Å². The van der Waals surface area contributed by atoms with E-state index in [2.05, 4.69) is 31.9 Å².